The molecule has 0 amide bonds. The zero-order chi connectivity index (χ0) is 6.85. The van der Waals surface area contributed by atoms with Crippen LogP contribution < -0.4 is 5.73 Å². The highest BCUT2D eigenvalue weighted by Gasteiger charge is 2.10. The van der Waals surface area contributed by atoms with Gasteiger partial charge in [0.1, 0.15) is 6.10 Å². The zero-order valence-electron chi connectivity index (χ0n) is 4.90. The van der Waals surface area contributed by atoms with Gasteiger partial charge in [-0.2, -0.15) is 0 Å². The Labute approximate surface area is 51.4 Å². The number of anilines is 1. The maximum atomic E-state index is 8.85. The molecule has 0 saturated carbocycles. The van der Waals surface area contributed by atoms with E-state index in [-0.39, 0.29) is 11.5 Å². The van der Waals surface area contributed by atoms with Crippen LogP contribution in [0.3, 0.4) is 0 Å². The van der Waals surface area contributed by atoms with Crippen LogP contribution in [0.4, 0.5) is 5.82 Å². The van der Waals surface area contributed by atoms with Gasteiger partial charge in [-0.05, 0) is 17.2 Å². The van der Waals surface area contributed by atoms with E-state index in [0.717, 1.165) is 0 Å². The minimum atomic E-state index is -0.712. The third-order valence-corrected chi connectivity index (χ3v) is 0.937. The van der Waals surface area contributed by atoms with Crippen LogP contribution >= 0.6 is 0 Å². The first-order chi connectivity index (χ1) is 4.22. The highest BCUT2D eigenvalue weighted by atomic mass is 16.6. The van der Waals surface area contributed by atoms with Gasteiger partial charge in [-0.1, -0.05) is 0 Å². The third-order valence-electron chi connectivity index (χ3n) is 0.937. The summed E-state index contributed by atoms with van der Waals surface area (Å²) in [5, 5.41) is 15.5. The molecule has 0 aliphatic carbocycles. The first-order valence-corrected chi connectivity index (χ1v) is 2.48. The van der Waals surface area contributed by atoms with Crippen LogP contribution in [0.15, 0.2) is 4.63 Å². The Morgan fingerprint density at radius 2 is 2.33 bits per heavy atom. The number of hydrogen-bond donors (Lipinski definition) is 2. The first-order valence-electron chi connectivity index (χ1n) is 2.48. The van der Waals surface area contributed by atoms with Gasteiger partial charge in [0.15, 0.2) is 11.5 Å². The Hall–Kier alpha value is -1.10. The highest BCUT2D eigenvalue weighted by molar-refractivity contribution is 5.32. The van der Waals surface area contributed by atoms with Gasteiger partial charge < -0.3 is 10.8 Å². The average molecular weight is 129 g/mol. The second-order valence-corrected chi connectivity index (χ2v) is 1.71. The molecule has 1 rings (SSSR count). The van der Waals surface area contributed by atoms with Crippen molar-refractivity contribution in [1.82, 2.24) is 10.3 Å². The Bertz CT molecular complexity index is 195. The largest absolute Gasteiger partial charge is 0.387 e. The number of aliphatic hydroxyl groups is 1. The smallest absolute Gasteiger partial charge is 0.194 e. The molecule has 9 heavy (non-hydrogen) atoms. The summed E-state index contributed by atoms with van der Waals surface area (Å²) in [6.07, 6.45) is -0.712. The Morgan fingerprint density at radius 3 is 2.56 bits per heavy atom. The molecule has 0 fully saturated rings. The summed E-state index contributed by atoms with van der Waals surface area (Å²) in [6.45, 7) is 1.54. The average Bonchev–Trinajstić information content (AvgIpc) is 2.13. The van der Waals surface area contributed by atoms with Crippen LogP contribution in [0, 0.1) is 0 Å². The van der Waals surface area contributed by atoms with Crippen LogP contribution in [0.25, 0.3) is 0 Å². The molecule has 0 aliphatic rings. The van der Waals surface area contributed by atoms with Crippen LogP contribution in [-0.4, -0.2) is 15.4 Å². The molecular formula is C4H7N3O2. The summed E-state index contributed by atoms with van der Waals surface area (Å²) in [4.78, 5) is 0. The van der Waals surface area contributed by atoms with Gasteiger partial charge in [-0.25, -0.2) is 4.63 Å². The van der Waals surface area contributed by atoms with E-state index in [4.69, 9.17) is 10.8 Å². The van der Waals surface area contributed by atoms with Crippen LogP contribution in [0.5, 0.6) is 0 Å². The molecule has 50 valence electrons. The lowest BCUT2D eigenvalue weighted by Gasteiger charge is -1.94. The minimum Gasteiger partial charge on any atom is -0.387 e. The van der Waals surface area contributed by atoms with Gasteiger partial charge in [0.05, 0.1) is 0 Å². The molecule has 5 nitrogen and oxygen atoms in total. The number of aromatic nitrogens is 2. The standard InChI is InChI=1S/C4H7N3O2/c1-2(8)3-4(5)7-9-6-3/h2,8H,1H3,(H2,5,7)/t2-/m0/s1. The summed E-state index contributed by atoms with van der Waals surface area (Å²) >= 11 is 0. The quantitative estimate of drug-likeness (QED) is 0.544. The van der Waals surface area contributed by atoms with Crippen molar-refractivity contribution in [3.05, 3.63) is 5.69 Å². The summed E-state index contributed by atoms with van der Waals surface area (Å²) < 4.78 is 4.22. The fourth-order valence-electron chi connectivity index (χ4n) is 0.492. The monoisotopic (exact) mass is 129 g/mol. The topological polar surface area (TPSA) is 85.2 Å². The van der Waals surface area contributed by atoms with Crippen molar-refractivity contribution in [1.29, 1.82) is 0 Å². The van der Waals surface area contributed by atoms with E-state index in [1.54, 1.807) is 0 Å². The molecule has 1 aromatic heterocycles. The van der Waals surface area contributed by atoms with Gasteiger partial charge in [-0.15, -0.1) is 0 Å². The molecule has 1 aromatic rings. The molecular weight excluding hydrogens is 122 g/mol. The van der Waals surface area contributed by atoms with Crippen molar-refractivity contribution in [3.63, 3.8) is 0 Å². The second kappa shape index (κ2) is 2.02. The van der Waals surface area contributed by atoms with Crippen molar-refractivity contribution in [2.45, 2.75) is 13.0 Å². The normalized spacial score (nSPS) is 13.6. The van der Waals surface area contributed by atoms with Crippen molar-refractivity contribution < 1.29 is 9.74 Å². The zero-order valence-corrected chi connectivity index (χ0v) is 4.90. The Morgan fingerprint density at radius 1 is 1.67 bits per heavy atom. The van der Waals surface area contributed by atoms with Crippen molar-refractivity contribution >= 4 is 5.82 Å². The number of hydrogen-bond acceptors (Lipinski definition) is 5. The fraction of sp³-hybridized carbons (Fsp3) is 0.500. The number of nitrogens with zero attached hydrogens (tertiary/aromatic N) is 2. The molecule has 0 spiro atoms. The Balaban J connectivity index is 2.94. The highest BCUT2D eigenvalue weighted by Crippen LogP contribution is 2.13. The summed E-state index contributed by atoms with van der Waals surface area (Å²) in [7, 11) is 0. The molecule has 0 aromatic carbocycles. The van der Waals surface area contributed by atoms with Gasteiger partial charge in [0.25, 0.3) is 0 Å². The first kappa shape index (κ1) is 6.03. The van der Waals surface area contributed by atoms with Gasteiger partial charge in [-0.3, -0.25) is 0 Å². The lowest BCUT2D eigenvalue weighted by Crippen LogP contribution is -1.96. The van der Waals surface area contributed by atoms with Crippen LogP contribution in [0.2, 0.25) is 0 Å². The maximum Gasteiger partial charge on any atom is 0.194 e. The van der Waals surface area contributed by atoms with E-state index >= 15 is 0 Å². The maximum absolute atomic E-state index is 8.85. The SMILES string of the molecule is C[C@H](O)c1nonc1N. The van der Waals surface area contributed by atoms with Crippen molar-refractivity contribution in [2.24, 2.45) is 0 Å². The van der Waals surface area contributed by atoms with Gasteiger partial charge in [0, 0.05) is 0 Å². The van der Waals surface area contributed by atoms with E-state index in [9.17, 15) is 0 Å². The summed E-state index contributed by atoms with van der Waals surface area (Å²) in [6, 6.07) is 0. The lowest BCUT2D eigenvalue weighted by molar-refractivity contribution is 0.185. The molecule has 3 N–H and O–H groups in total. The molecule has 0 aliphatic heterocycles. The second-order valence-electron chi connectivity index (χ2n) is 1.71. The van der Waals surface area contributed by atoms with E-state index in [1.165, 1.54) is 6.92 Å². The molecule has 0 bridgehead atoms. The number of nitrogens with two attached hydrogens (primary N) is 1. The van der Waals surface area contributed by atoms with Crippen LogP contribution in [-0.2, 0) is 0 Å². The van der Waals surface area contributed by atoms with Crippen LogP contribution in [0.1, 0.15) is 18.7 Å². The number of nitrogen functional groups attached to an aromatic ring is 1. The predicted octanol–water partition coefficient (Wildman–Crippen LogP) is -0.295. The van der Waals surface area contributed by atoms with Crippen molar-refractivity contribution in [3.8, 4) is 0 Å². The minimum absolute atomic E-state index is 0.144. The molecule has 1 atom stereocenters. The van der Waals surface area contributed by atoms with E-state index in [2.05, 4.69) is 14.9 Å². The van der Waals surface area contributed by atoms with E-state index in [0.29, 0.717) is 0 Å². The molecule has 0 saturated heterocycles. The number of rotatable bonds is 1. The van der Waals surface area contributed by atoms with Crippen molar-refractivity contribution in [2.75, 3.05) is 5.73 Å². The fourth-order valence-corrected chi connectivity index (χ4v) is 0.492. The molecule has 5 heteroatoms. The molecule has 0 unspecified atom stereocenters. The lowest BCUT2D eigenvalue weighted by atomic mass is 10.3. The molecule has 0 radical (unpaired) electrons. The van der Waals surface area contributed by atoms with Gasteiger partial charge >= 0.3 is 0 Å². The third kappa shape index (κ3) is 0.996. The Kier molecular flexibility index (Phi) is 1.35. The number of aliphatic hydroxyl groups excluding tert-OH is 1. The van der Waals surface area contributed by atoms with E-state index < -0.39 is 6.10 Å². The van der Waals surface area contributed by atoms with E-state index in [1.807, 2.05) is 0 Å². The predicted molar refractivity (Wildman–Crippen MR) is 29.3 cm³/mol. The summed E-state index contributed by atoms with van der Waals surface area (Å²) in [5.41, 5.74) is 5.50. The molecule has 1 heterocycles. The van der Waals surface area contributed by atoms with Gasteiger partial charge in [0.2, 0.25) is 0 Å². The summed E-state index contributed by atoms with van der Waals surface area (Å²) in [5.74, 6) is 0.144.